The van der Waals surface area contributed by atoms with Crippen LogP contribution in [0.15, 0.2) is 4.79 Å². The molecular formula is C15H19NO. The molecule has 0 fully saturated rings. The first-order valence-electron chi connectivity index (χ1n) is 5.95. The largest absolute Gasteiger partial charge is 0.321 e. The van der Waals surface area contributed by atoms with Gasteiger partial charge in [0.1, 0.15) is 0 Å². The van der Waals surface area contributed by atoms with Crippen LogP contribution >= 0.6 is 0 Å². The first kappa shape index (κ1) is 11.9. The van der Waals surface area contributed by atoms with Crippen molar-refractivity contribution in [1.82, 2.24) is 4.98 Å². The molecule has 0 aliphatic heterocycles. The van der Waals surface area contributed by atoms with Crippen LogP contribution in [0.2, 0.25) is 0 Å². The molecule has 0 unspecified atom stereocenters. The van der Waals surface area contributed by atoms with Gasteiger partial charge in [-0.15, -0.1) is 0 Å². The Morgan fingerprint density at radius 1 is 0.647 bits per heavy atom. The lowest BCUT2D eigenvalue weighted by Crippen LogP contribution is -2.13. The highest BCUT2D eigenvalue weighted by Crippen LogP contribution is 2.29. The van der Waals surface area contributed by atoms with Gasteiger partial charge in [0.25, 0.3) is 5.56 Å². The van der Waals surface area contributed by atoms with Gasteiger partial charge in [0.2, 0.25) is 0 Å². The molecule has 1 heterocycles. The predicted octanol–water partition coefficient (Wildman–Crippen LogP) is 3.38. The van der Waals surface area contributed by atoms with Gasteiger partial charge in [-0.05, 0) is 69.4 Å². The van der Waals surface area contributed by atoms with Crippen LogP contribution in [0.25, 0.3) is 10.9 Å². The van der Waals surface area contributed by atoms with Crippen molar-refractivity contribution in [1.29, 1.82) is 0 Å². The number of fused-ring (bicyclic) bond motifs is 1. The lowest BCUT2D eigenvalue weighted by Gasteiger charge is -2.16. The van der Waals surface area contributed by atoms with Crippen molar-refractivity contribution < 1.29 is 0 Å². The molecule has 0 saturated heterocycles. The highest BCUT2D eigenvalue weighted by atomic mass is 16.1. The Morgan fingerprint density at radius 2 is 1.12 bits per heavy atom. The molecule has 2 nitrogen and oxygen atoms in total. The molecular weight excluding hydrogens is 210 g/mol. The Morgan fingerprint density at radius 3 is 1.71 bits per heavy atom. The van der Waals surface area contributed by atoms with E-state index in [0.29, 0.717) is 0 Å². The Balaban J connectivity index is 3.18. The minimum Gasteiger partial charge on any atom is -0.321 e. The van der Waals surface area contributed by atoms with E-state index in [2.05, 4.69) is 32.7 Å². The van der Waals surface area contributed by atoms with Crippen LogP contribution in [0.4, 0.5) is 0 Å². The summed E-state index contributed by atoms with van der Waals surface area (Å²) in [5.41, 5.74) is 8.01. The molecule has 1 aromatic carbocycles. The molecule has 2 rings (SSSR count). The van der Waals surface area contributed by atoms with Crippen molar-refractivity contribution in [2.75, 3.05) is 0 Å². The molecule has 2 aromatic rings. The summed E-state index contributed by atoms with van der Waals surface area (Å²) in [6.45, 7) is 12.4. The SMILES string of the molecule is Cc1c(C)c(C)c2c(C)c(C)c(=O)[nH]c2c1C. The second kappa shape index (κ2) is 3.73. The smallest absolute Gasteiger partial charge is 0.251 e. The first-order chi connectivity index (χ1) is 7.86. The fraction of sp³-hybridized carbons (Fsp3) is 0.400. The van der Waals surface area contributed by atoms with Crippen LogP contribution < -0.4 is 5.56 Å². The molecule has 0 amide bonds. The summed E-state index contributed by atoms with van der Waals surface area (Å²) < 4.78 is 0. The number of benzene rings is 1. The van der Waals surface area contributed by atoms with Gasteiger partial charge in [-0.2, -0.15) is 0 Å². The van der Waals surface area contributed by atoms with E-state index in [1.807, 2.05) is 13.8 Å². The molecule has 1 N–H and O–H groups in total. The number of pyridine rings is 1. The monoisotopic (exact) mass is 229 g/mol. The van der Waals surface area contributed by atoms with E-state index in [4.69, 9.17) is 0 Å². The van der Waals surface area contributed by atoms with E-state index in [1.54, 1.807) is 0 Å². The summed E-state index contributed by atoms with van der Waals surface area (Å²) in [5.74, 6) is 0. The van der Waals surface area contributed by atoms with E-state index in [0.717, 1.165) is 16.6 Å². The molecule has 0 radical (unpaired) electrons. The second-order valence-corrected chi connectivity index (χ2v) is 4.95. The number of hydrogen-bond donors (Lipinski definition) is 1. The second-order valence-electron chi connectivity index (χ2n) is 4.95. The van der Waals surface area contributed by atoms with Crippen molar-refractivity contribution in [3.05, 3.63) is 43.7 Å². The van der Waals surface area contributed by atoms with E-state index in [1.165, 1.54) is 27.6 Å². The van der Waals surface area contributed by atoms with E-state index in [9.17, 15) is 4.79 Å². The average molecular weight is 229 g/mol. The normalized spacial score (nSPS) is 11.2. The van der Waals surface area contributed by atoms with Gasteiger partial charge < -0.3 is 4.98 Å². The van der Waals surface area contributed by atoms with Gasteiger partial charge in [0.15, 0.2) is 0 Å². The summed E-state index contributed by atoms with van der Waals surface area (Å²) >= 11 is 0. The van der Waals surface area contributed by atoms with Crippen molar-refractivity contribution in [2.45, 2.75) is 41.5 Å². The van der Waals surface area contributed by atoms with Crippen molar-refractivity contribution in [2.24, 2.45) is 0 Å². The Kier molecular flexibility index (Phi) is 2.61. The maximum atomic E-state index is 11.9. The third-order valence-corrected chi connectivity index (χ3v) is 4.20. The van der Waals surface area contributed by atoms with Crippen molar-refractivity contribution in [3.8, 4) is 0 Å². The minimum absolute atomic E-state index is 0.0285. The van der Waals surface area contributed by atoms with Gasteiger partial charge in [0.05, 0.1) is 5.52 Å². The number of aromatic amines is 1. The van der Waals surface area contributed by atoms with Crippen LogP contribution in [0, 0.1) is 41.5 Å². The van der Waals surface area contributed by atoms with Crippen molar-refractivity contribution in [3.63, 3.8) is 0 Å². The fourth-order valence-electron chi connectivity index (χ4n) is 2.50. The van der Waals surface area contributed by atoms with Gasteiger partial charge in [-0.25, -0.2) is 0 Å². The average Bonchev–Trinajstić information content (AvgIpc) is 2.30. The molecule has 0 atom stereocenters. The fourth-order valence-corrected chi connectivity index (χ4v) is 2.50. The highest BCUT2D eigenvalue weighted by Gasteiger charge is 2.13. The highest BCUT2D eigenvalue weighted by molar-refractivity contribution is 5.90. The quantitative estimate of drug-likeness (QED) is 0.738. The van der Waals surface area contributed by atoms with Gasteiger partial charge >= 0.3 is 0 Å². The van der Waals surface area contributed by atoms with Crippen LogP contribution in [0.3, 0.4) is 0 Å². The number of aryl methyl sites for hydroxylation is 3. The maximum absolute atomic E-state index is 11.9. The first-order valence-corrected chi connectivity index (χ1v) is 5.95. The Hall–Kier alpha value is -1.57. The maximum Gasteiger partial charge on any atom is 0.251 e. The number of hydrogen-bond acceptors (Lipinski definition) is 1. The van der Waals surface area contributed by atoms with E-state index in [-0.39, 0.29) is 5.56 Å². The summed E-state index contributed by atoms with van der Waals surface area (Å²) in [7, 11) is 0. The lowest BCUT2D eigenvalue weighted by molar-refractivity contribution is 1.16. The van der Waals surface area contributed by atoms with Gasteiger partial charge in [-0.3, -0.25) is 4.79 Å². The molecule has 90 valence electrons. The number of aromatic nitrogens is 1. The lowest BCUT2D eigenvalue weighted by atomic mass is 9.91. The minimum atomic E-state index is 0.0285. The summed E-state index contributed by atoms with van der Waals surface area (Å²) in [5, 5.41) is 1.21. The van der Waals surface area contributed by atoms with Crippen LogP contribution in [0.1, 0.15) is 33.4 Å². The van der Waals surface area contributed by atoms with Crippen LogP contribution in [-0.2, 0) is 0 Å². The Labute approximate surface area is 102 Å². The van der Waals surface area contributed by atoms with Crippen molar-refractivity contribution >= 4 is 10.9 Å². The molecule has 0 aliphatic carbocycles. The molecule has 2 heteroatoms. The molecule has 0 bridgehead atoms. The molecule has 0 aliphatic rings. The molecule has 0 saturated carbocycles. The van der Waals surface area contributed by atoms with Gasteiger partial charge in [0, 0.05) is 10.9 Å². The molecule has 1 aromatic heterocycles. The molecule has 17 heavy (non-hydrogen) atoms. The summed E-state index contributed by atoms with van der Waals surface area (Å²) in [6.07, 6.45) is 0. The standard InChI is InChI=1S/C15H19NO/c1-7-8(2)11(5)14-13(9(7)3)10(4)12(6)15(17)16-14/h1-6H3,(H,16,17). The van der Waals surface area contributed by atoms with Gasteiger partial charge in [-0.1, -0.05) is 0 Å². The topological polar surface area (TPSA) is 32.9 Å². The number of H-pyrrole nitrogens is 1. The predicted molar refractivity (Wildman–Crippen MR) is 73.0 cm³/mol. The van der Waals surface area contributed by atoms with Crippen LogP contribution in [0.5, 0.6) is 0 Å². The zero-order chi connectivity index (χ0) is 12.9. The number of rotatable bonds is 0. The molecule has 0 spiro atoms. The summed E-state index contributed by atoms with van der Waals surface area (Å²) in [4.78, 5) is 14.9. The third-order valence-electron chi connectivity index (χ3n) is 4.20. The zero-order valence-corrected chi connectivity index (χ0v) is 11.4. The van der Waals surface area contributed by atoms with E-state index >= 15 is 0 Å². The zero-order valence-electron chi connectivity index (χ0n) is 11.4. The number of nitrogens with one attached hydrogen (secondary N) is 1. The van der Waals surface area contributed by atoms with Crippen LogP contribution in [-0.4, -0.2) is 4.98 Å². The Bertz CT molecular complexity index is 678. The third kappa shape index (κ3) is 1.51. The van der Waals surface area contributed by atoms with E-state index < -0.39 is 0 Å². The summed E-state index contributed by atoms with van der Waals surface area (Å²) in [6, 6.07) is 0.